The average molecular weight is 434 g/mol. The molecule has 0 aliphatic carbocycles. The number of piperazine rings is 1. The quantitative estimate of drug-likeness (QED) is 0.559. The number of guanidine groups is 1. The van der Waals surface area contributed by atoms with E-state index in [9.17, 15) is 0 Å². The molecule has 30 heavy (non-hydrogen) atoms. The lowest BCUT2D eigenvalue weighted by molar-refractivity contribution is -0.0121. The number of nitrogens with zero attached hydrogens (tertiary/aromatic N) is 4. The zero-order valence-electron chi connectivity index (χ0n) is 18.3. The van der Waals surface area contributed by atoms with E-state index in [1.165, 1.54) is 23.6 Å². The van der Waals surface area contributed by atoms with Crippen molar-refractivity contribution in [2.75, 3.05) is 89.6 Å². The van der Waals surface area contributed by atoms with Crippen LogP contribution in [0.4, 0.5) is 5.69 Å². The second kappa shape index (κ2) is 10.1. The third kappa shape index (κ3) is 4.81. The molecule has 0 amide bonds. The molecular weight excluding hydrogens is 398 g/mol. The Kier molecular flexibility index (Phi) is 7.28. The zero-order chi connectivity index (χ0) is 20.8. The molecule has 3 saturated heterocycles. The molecule has 0 radical (unpaired) electrons. The zero-order valence-corrected chi connectivity index (χ0v) is 19.1. The lowest BCUT2D eigenvalue weighted by Crippen LogP contribution is -2.61. The Bertz CT molecular complexity index is 694. The minimum absolute atomic E-state index is 0.231. The van der Waals surface area contributed by atoms with Crippen molar-refractivity contribution < 1.29 is 9.47 Å². The highest BCUT2D eigenvalue weighted by Gasteiger charge is 2.41. The number of methoxy groups -OCH3 is 1. The van der Waals surface area contributed by atoms with Crippen LogP contribution in [-0.4, -0.2) is 106 Å². The van der Waals surface area contributed by atoms with Crippen molar-refractivity contribution in [3.8, 4) is 5.75 Å². The number of ether oxygens (including phenoxy) is 2. The summed E-state index contributed by atoms with van der Waals surface area (Å²) in [5.41, 5.74) is 1.49. The van der Waals surface area contributed by atoms with Gasteiger partial charge in [0, 0.05) is 69.8 Å². The average Bonchev–Trinajstić information content (AvgIpc) is 3.31. The highest BCUT2D eigenvalue weighted by atomic mass is 32.2. The fourth-order valence-electron chi connectivity index (χ4n) is 4.68. The molecule has 3 aliphatic rings. The number of hydrogen-bond donors (Lipinski definition) is 1. The van der Waals surface area contributed by atoms with Gasteiger partial charge in [0.25, 0.3) is 0 Å². The number of thioether (sulfide) groups is 1. The molecule has 1 N–H and O–H groups in total. The predicted molar refractivity (Wildman–Crippen MR) is 125 cm³/mol. The number of morpholine rings is 1. The van der Waals surface area contributed by atoms with Crippen molar-refractivity contribution >= 4 is 23.4 Å². The van der Waals surface area contributed by atoms with Gasteiger partial charge in [0.05, 0.1) is 20.3 Å². The summed E-state index contributed by atoms with van der Waals surface area (Å²) in [6.07, 6.45) is 1.24. The molecule has 7 nitrogen and oxygen atoms in total. The minimum Gasteiger partial charge on any atom is -0.497 e. The van der Waals surface area contributed by atoms with Gasteiger partial charge in [-0.15, -0.1) is 0 Å². The summed E-state index contributed by atoms with van der Waals surface area (Å²) >= 11 is 2.08. The second-order valence-electron chi connectivity index (χ2n) is 8.20. The molecule has 3 fully saturated rings. The van der Waals surface area contributed by atoms with Crippen LogP contribution in [0.3, 0.4) is 0 Å². The van der Waals surface area contributed by atoms with Crippen molar-refractivity contribution in [3.05, 3.63) is 24.3 Å². The molecule has 166 valence electrons. The van der Waals surface area contributed by atoms with Crippen molar-refractivity contribution in [1.82, 2.24) is 15.1 Å². The maximum atomic E-state index is 5.59. The monoisotopic (exact) mass is 433 g/mol. The van der Waals surface area contributed by atoms with Crippen LogP contribution in [0.5, 0.6) is 5.75 Å². The van der Waals surface area contributed by atoms with Crippen LogP contribution < -0.4 is 15.0 Å². The summed E-state index contributed by atoms with van der Waals surface area (Å²) in [4.78, 5) is 12.1. The molecule has 1 aromatic rings. The molecule has 1 unspecified atom stereocenters. The largest absolute Gasteiger partial charge is 0.497 e. The van der Waals surface area contributed by atoms with Crippen LogP contribution in [0, 0.1) is 0 Å². The predicted octanol–water partition coefficient (Wildman–Crippen LogP) is 1.60. The van der Waals surface area contributed by atoms with Crippen LogP contribution in [0.2, 0.25) is 0 Å². The van der Waals surface area contributed by atoms with E-state index >= 15 is 0 Å². The first-order valence-electron chi connectivity index (χ1n) is 11.0. The second-order valence-corrected chi connectivity index (χ2v) is 9.30. The number of hydrogen-bond acceptors (Lipinski definition) is 6. The van der Waals surface area contributed by atoms with E-state index in [4.69, 9.17) is 9.47 Å². The lowest BCUT2D eigenvalue weighted by atomic mass is 9.95. The molecule has 3 heterocycles. The molecule has 1 atom stereocenters. The van der Waals surface area contributed by atoms with Crippen LogP contribution >= 0.6 is 11.8 Å². The summed E-state index contributed by atoms with van der Waals surface area (Å²) in [5, 5.41) is 3.73. The van der Waals surface area contributed by atoms with E-state index in [2.05, 4.69) is 48.9 Å². The van der Waals surface area contributed by atoms with Gasteiger partial charge in [0.15, 0.2) is 5.96 Å². The molecule has 8 heteroatoms. The van der Waals surface area contributed by atoms with Gasteiger partial charge in [-0.05, 0) is 36.4 Å². The van der Waals surface area contributed by atoms with Gasteiger partial charge in [-0.3, -0.25) is 9.89 Å². The van der Waals surface area contributed by atoms with E-state index in [1.807, 2.05) is 19.2 Å². The molecule has 0 aromatic heterocycles. The van der Waals surface area contributed by atoms with Gasteiger partial charge in [-0.1, -0.05) is 0 Å². The number of benzene rings is 1. The highest BCUT2D eigenvalue weighted by Crippen LogP contribution is 2.33. The van der Waals surface area contributed by atoms with Gasteiger partial charge in [-0.25, -0.2) is 0 Å². The summed E-state index contributed by atoms with van der Waals surface area (Å²) in [6, 6.07) is 8.36. The maximum absolute atomic E-state index is 5.59. The van der Waals surface area contributed by atoms with Crippen LogP contribution in [0.1, 0.15) is 6.42 Å². The van der Waals surface area contributed by atoms with E-state index < -0.39 is 0 Å². The summed E-state index contributed by atoms with van der Waals surface area (Å²) < 4.78 is 10.9. The number of anilines is 1. The van der Waals surface area contributed by atoms with E-state index in [0.29, 0.717) is 0 Å². The Labute approximate surface area is 184 Å². The lowest BCUT2D eigenvalue weighted by Gasteiger charge is -2.44. The Morgan fingerprint density at radius 3 is 2.47 bits per heavy atom. The van der Waals surface area contributed by atoms with E-state index in [1.54, 1.807) is 7.11 Å². The molecule has 0 saturated carbocycles. The Hall–Kier alpha value is -1.64. The molecule has 0 bridgehead atoms. The third-order valence-electron chi connectivity index (χ3n) is 6.57. The summed E-state index contributed by atoms with van der Waals surface area (Å²) in [6.45, 7) is 8.71. The van der Waals surface area contributed by atoms with Gasteiger partial charge >= 0.3 is 0 Å². The van der Waals surface area contributed by atoms with E-state index in [0.717, 1.165) is 70.7 Å². The first kappa shape index (κ1) is 21.6. The third-order valence-corrected chi connectivity index (χ3v) is 7.80. The van der Waals surface area contributed by atoms with Crippen LogP contribution in [-0.2, 0) is 4.74 Å². The summed E-state index contributed by atoms with van der Waals surface area (Å²) in [5.74, 6) is 4.38. The van der Waals surface area contributed by atoms with Crippen molar-refractivity contribution in [1.29, 1.82) is 0 Å². The van der Waals surface area contributed by atoms with Crippen molar-refractivity contribution in [2.45, 2.75) is 12.0 Å². The Morgan fingerprint density at radius 2 is 1.87 bits per heavy atom. The number of nitrogens with one attached hydrogen (secondary N) is 1. The summed E-state index contributed by atoms with van der Waals surface area (Å²) in [7, 11) is 3.61. The molecule has 4 rings (SSSR count). The van der Waals surface area contributed by atoms with Crippen LogP contribution in [0.25, 0.3) is 0 Å². The Balaban J connectivity index is 1.32. The highest BCUT2D eigenvalue weighted by molar-refractivity contribution is 7.99. The van der Waals surface area contributed by atoms with Gasteiger partial charge in [-0.2, -0.15) is 11.8 Å². The van der Waals surface area contributed by atoms with Crippen molar-refractivity contribution in [2.24, 2.45) is 4.99 Å². The SMILES string of the molecule is CN=C(NCC1(N2CCOCC2)CCSC1)N1CCN(c2ccc(OC)cc2)CC1. The first-order valence-corrected chi connectivity index (χ1v) is 12.1. The first-order chi connectivity index (χ1) is 14.7. The van der Waals surface area contributed by atoms with Crippen molar-refractivity contribution in [3.63, 3.8) is 0 Å². The fraction of sp³-hybridized carbons (Fsp3) is 0.682. The normalized spacial score (nSPS) is 26.1. The minimum atomic E-state index is 0.231. The standard InChI is InChI=1S/C22H35N5O2S/c1-23-21(24-17-22(7-16-30-18-22)27-12-14-29-15-13-27)26-10-8-25(9-11-26)19-3-5-20(28-2)6-4-19/h3-6H,7-18H2,1-2H3,(H,23,24). The molecule has 0 spiro atoms. The molecule has 3 aliphatic heterocycles. The van der Waals surface area contributed by atoms with Crippen LogP contribution in [0.15, 0.2) is 29.3 Å². The fourth-order valence-corrected chi connectivity index (χ4v) is 6.16. The maximum Gasteiger partial charge on any atom is 0.193 e. The van der Waals surface area contributed by atoms with E-state index in [-0.39, 0.29) is 5.54 Å². The smallest absolute Gasteiger partial charge is 0.193 e. The molecular formula is C22H35N5O2S. The topological polar surface area (TPSA) is 52.6 Å². The Morgan fingerprint density at radius 1 is 1.13 bits per heavy atom. The number of aliphatic imine (C=N–C) groups is 1. The molecule has 1 aromatic carbocycles. The van der Waals surface area contributed by atoms with Gasteiger partial charge in [0.1, 0.15) is 5.75 Å². The van der Waals surface area contributed by atoms with Gasteiger partial charge < -0.3 is 24.6 Å². The number of rotatable bonds is 5. The van der Waals surface area contributed by atoms with Gasteiger partial charge in [0.2, 0.25) is 0 Å².